The lowest BCUT2D eigenvalue weighted by molar-refractivity contribution is -0.113. The maximum Gasteiger partial charge on any atom is 0.255 e. The van der Waals surface area contributed by atoms with Crippen molar-refractivity contribution in [1.29, 1.82) is 0 Å². The van der Waals surface area contributed by atoms with E-state index in [4.69, 9.17) is 26.4 Å². The Morgan fingerprint density at radius 1 is 0.955 bits per heavy atom. The van der Waals surface area contributed by atoms with E-state index >= 15 is 0 Å². The normalized spacial score (nSPS) is 14.1. The summed E-state index contributed by atoms with van der Waals surface area (Å²) in [4.78, 5) is 18.6. The molecule has 7 nitrogen and oxygen atoms in total. The number of anilines is 2. The number of ether oxygens (including phenoxy) is 1. The third-order valence-corrected chi connectivity index (χ3v) is 8.65. The number of carbonyl (C=O) groups is 1. The van der Waals surface area contributed by atoms with E-state index in [2.05, 4.69) is 41.8 Å². The van der Waals surface area contributed by atoms with Gasteiger partial charge in [0.2, 0.25) is 11.1 Å². The predicted molar refractivity (Wildman–Crippen MR) is 177 cm³/mol. The Morgan fingerprint density at radius 3 is 2.48 bits per heavy atom. The van der Waals surface area contributed by atoms with E-state index in [9.17, 15) is 4.79 Å². The first-order valence-corrected chi connectivity index (χ1v) is 15.7. The Morgan fingerprint density at radius 2 is 1.73 bits per heavy atom. The molecule has 1 unspecified atom stereocenters. The lowest BCUT2D eigenvalue weighted by atomic mass is 9.95. The number of fused-ring (bicyclic) bond motifs is 1. The minimum atomic E-state index is -0.510. The molecule has 0 spiro atoms. The average Bonchev–Trinajstić information content (AvgIpc) is 3.42. The number of aromatic nitrogens is 3. The maximum atomic E-state index is 13.9. The Labute approximate surface area is 266 Å². The van der Waals surface area contributed by atoms with E-state index in [1.165, 1.54) is 17.3 Å². The standard InChI is InChI=1S/C35H32ClN5O2S/c1-22-11-13-25(14-12-22)20-43-29-17-15-26(16-18-29)32-31(33(42)38-28-9-6-7-23(2)19-28)24(3)37-34-39-35(40-41(32)34)44-21-27-8-4-5-10-30(27)36/h4-19,32H,20-21H2,1-3H3,(H,38,42)(H,37,39,40). The number of benzene rings is 4. The van der Waals surface area contributed by atoms with Gasteiger partial charge in [-0.25, -0.2) is 4.68 Å². The van der Waals surface area contributed by atoms with Crippen molar-refractivity contribution in [3.05, 3.63) is 141 Å². The Balaban J connectivity index is 1.29. The number of hydrogen-bond donors (Lipinski definition) is 2. The van der Waals surface area contributed by atoms with Gasteiger partial charge in [0.05, 0.1) is 5.57 Å². The molecule has 0 saturated heterocycles. The SMILES string of the molecule is CC1=C(C(=O)Nc2cccc(C)c2)C(c2ccc(OCc3ccc(C)cc3)cc2)n2nc(SCc3ccccc3Cl)nc2N1. The van der Waals surface area contributed by atoms with E-state index in [1.54, 1.807) is 4.68 Å². The van der Waals surface area contributed by atoms with Crippen LogP contribution < -0.4 is 15.4 Å². The molecule has 1 aliphatic rings. The molecule has 4 aromatic carbocycles. The highest BCUT2D eigenvalue weighted by atomic mass is 35.5. The maximum absolute atomic E-state index is 13.9. The molecule has 44 heavy (non-hydrogen) atoms. The van der Waals surface area contributed by atoms with Gasteiger partial charge in [-0.2, -0.15) is 4.98 Å². The summed E-state index contributed by atoms with van der Waals surface area (Å²) >= 11 is 7.88. The van der Waals surface area contributed by atoms with Crippen LogP contribution in [0, 0.1) is 13.8 Å². The number of amides is 1. The van der Waals surface area contributed by atoms with Crippen LogP contribution in [0.1, 0.15) is 40.8 Å². The molecule has 5 aromatic rings. The molecule has 6 rings (SSSR count). The number of halogens is 1. The molecular formula is C35H32ClN5O2S. The topological polar surface area (TPSA) is 81.1 Å². The smallest absolute Gasteiger partial charge is 0.255 e. The van der Waals surface area contributed by atoms with Crippen LogP contribution in [0.2, 0.25) is 5.02 Å². The van der Waals surface area contributed by atoms with Crippen molar-refractivity contribution in [3.8, 4) is 5.75 Å². The minimum Gasteiger partial charge on any atom is -0.489 e. The molecule has 1 aliphatic heterocycles. The van der Waals surface area contributed by atoms with Gasteiger partial charge in [0, 0.05) is 22.2 Å². The van der Waals surface area contributed by atoms with E-state index in [-0.39, 0.29) is 5.91 Å². The summed E-state index contributed by atoms with van der Waals surface area (Å²) in [6, 6.07) is 31.1. The van der Waals surface area contributed by atoms with E-state index in [0.29, 0.717) is 39.8 Å². The number of carbonyl (C=O) groups excluding carboxylic acids is 1. The van der Waals surface area contributed by atoms with Crippen molar-refractivity contribution >= 4 is 40.9 Å². The van der Waals surface area contributed by atoms with Crippen molar-refractivity contribution in [2.45, 2.75) is 44.3 Å². The Hall–Kier alpha value is -4.53. The van der Waals surface area contributed by atoms with Gasteiger partial charge in [-0.05, 0) is 73.4 Å². The number of thioether (sulfide) groups is 1. The number of aryl methyl sites for hydroxylation is 2. The Bertz CT molecular complexity index is 1830. The molecule has 0 saturated carbocycles. The largest absolute Gasteiger partial charge is 0.489 e. The minimum absolute atomic E-state index is 0.211. The van der Waals surface area contributed by atoms with Crippen LogP contribution in [0.25, 0.3) is 0 Å². The van der Waals surface area contributed by atoms with E-state index < -0.39 is 6.04 Å². The van der Waals surface area contributed by atoms with Crippen molar-refractivity contribution < 1.29 is 9.53 Å². The van der Waals surface area contributed by atoms with Gasteiger partial charge < -0.3 is 15.4 Å². The van der Waals surface area contributed by atoms with Crippen molar-refractivity contribution in [2.75, 3.05) is 10.6 Å². The first-order valence-electron chi connectivity index (χ1n) is 14.3. The number of hydrogen-bond acceptors (Lipinski definition) is 6. The van der Waals surface area contributed by atoms with Gasteiger partial charge in [0.15, 0.2) is 0 Å². The van der Waals surface area contributed by atoms with Crippen molar-refractivity contribution in [3.63, 3.8) is 0 Å². The lowest BCUT2D eigenvalue weighted by Crippen LogP contribution is -2.31. The fraction of sp³-hybridized carbons (Fsp3) is 0.171. The van der Waals surface area contributed by atoms with Gasteiger partial charge in [-0.1, -0.05) is 95.7 Å². The molecule has 0 fully saturated rings. The molecule has 1 amide bonds. The van der Waals surface area contributed by atoms with E-state index in [0.717, 1.165) is 33.7 Å². The highest BCUT2D eigenvalue weighted by molar-refractivity contribution is 7.98. The van der Waals surface area contributed by atoms with Crippen molar-refractivity contribution in [2.24, 2.45) is 0 Å². The number of nitrogens with one attached hydrogen (secondary N) is 2. The zero-order chi connectivity index (χ0) is 30.6. The fourth-order valence-corrected chi connectivity index (χ4v) is 6.19. The zero-order valence-corrected chi connectivity index (χ0v) is 26.2. The van der Waals surface area contributed by atoms with E-state index in [1.807, 2.05) is 86.6 Å². The van der Waals surface area contributed by atoms with Gasteiger partial charge >= 0.3 is 0 Å². The monoisotopic (exact) mass is 621 g/mol. The second-order valence-electron chi connectivity index (χ2n) is 10.8. The highest BCUT2D eigenvalue weighted by Gasteiger charge is 2.34. The molecule has 0 bridgehead atoms. The predicted octanol–water partition coefficient (Wildman–Crippen LogP) is 8.35. The quantitative estimate of drug-likeness (QED) is 0.161. The summed E-state index contributed by atoms with van der Waals surface area (Å²) < 4.78 is 7.85. The summed E-state index contributed by atoms with van der Waals surface area (Å²) in [7, 11) is 0. The van der Waals surface area contributed by atoms with Crippen LogP contribution in [0.3, 0.4) is 0 Å². The fourth-order valence-electron chi connectivity index (χ4n) is 5.07. The third kappa shape index (κ3) is 6.67. The molecule has 1 aromatic heterocycles. The molecule has 0 radical (unpaired) electrons. The average molecular weight is 622 g/mol. The summed E-state index contributed by atoms with van der Waals surface area (Å²) in [5.41, 5.74) is 7.26. The molecular weight excluding hydrogens is 590 g/mol. The zero-order valence-electron chi connectivity index (χ0n) is 24.7. The number of rotatable bonds is 9. The molecule has 1 atom stereocenters. The summed E-state index contributed by atoms with van der Waals surface area (Å²) in [5.74, 6) is 1.72. The first-order chi connectivity index (χ1) is 21.3. The second kappa shape index (κ2) is 13.0. The number of allylic oxidation sites excluding steroid dienone is 1. The van der Waals surface area contributed by atoms with Crippen molar-refractivity contribution in [1.82, 2.24) is 14.8 Å². The van der Waals surface area contributed by atoms with Crippen LogP contribution >= 0.6 is 23.4 Å². The van der Waals surface area contributed by atoms with Gasteiger partial charge in [-0.3, -0.25) is 4.79 Å². The Kier molecular flexibility index (Phi) is 8.72. The molecule has 2 heterocycles. The van der Waals surface area contributed by atoms with Crippen LogP contribution in [0.15, 0.2) is 113 Å². The summed E-state index contributed by atoms with van der Waals surface area (Å²) in [6.45, 7) is 6.43. The van der Waals surface area contributed by atoms with Crippen LogP contribution in [0.5, 0.6) is 5.75 Å². The van der Waals surface area contributed by atoms with Gasteiger partial charge in [0.25, 0.3) is 5.91 Å². The van der Waals surface area contributed by atoms with Crippen LogP contribution in [-0.2, 0) is 17.2 Å². The lowest BCUT2D eigenvalue weighted by Gasteiger charge is -2.28. The van der Waals surface area contributed by atoms with Gasteiger partial charge in [-0.15, -0.1) is 5.10 Å². The van der Waals surface area contributed by atoms with Crippen LogP contribution in [0.4, 0.5) is 11.6 Å². The summed E-state index contributed by atoms with van der Waals surface area (Å²) in [5, 5.41) is 12.6. The molecule has 9 heteroatoms. The van der Waals surface area contributed by atoms with Gasteiger partial charge in [0.1, 0.15) is 18.4 Å². The summed E-state index contributed by atoms with van der Waals surface area (Å²) in [6.07, 6.45) is 0. The molecule has 2 N–H and O–H groups in total. The second-order valence-corrected chi connectivity index (χ2v) is 12.1. The third-order valence-electron chi connectivity index (χ3n) is 7.39. The molecule has 0 aliphatic carbocycles. The van der Waals surface area contributed by atoms with Crippen LogP contribution in [-0.4, -0.2) is 20.7 Å². The first kappa shape index (κ1) is 29.5. The number of nitrogens with zero attached hydrogens (tertiary/aromatic N) is 3. The molecule has 222 valence electrons. The highest BCUT2D eigenvalue weighted by Crippen LogP contribution is 2.38.